The summed E-state index contributed by atoms with van der Waals surface area (Å²) in [5, 5.41) is 24.9. The molecule has 1 unspecified atom stereocenters. The minimum Gasteiger partial charge on any atom is -0.746 e. The van der Waals surface area contributed by atoms with E-state index in [9.17, 15) is 22.6 Å². The van der Waals surface area contributed by atoms with Gasteiger partial charge < -0.3 is 30.7 Å². The van der Waals surface area contributed by atoms with Crippen molar-refractivity contribution in [2.75, 3.05) is 12.3 Å². The van der Waals surface area contributed by atoms with E-state index in [1.807, 2.05) is 5.32 Å². The van der Waals surface area contributed by atoms with Crippen LogP contribution in [0.4, 0.5) is 5.13 Å². The average Bonchev–Trinajstić information content (AvgIpc) is 2.89. The third-order valence-electron chi connectivity index (χ3n) is 2.63. The number of nitrogen functional groups attached to an aromatic ring is 1. The molecular formula is C11H15N4NaO8S2. The average molecular weight is 418 g/mol. The number of aromatic nitrogens is 1. The Labute approximate surface area is 174 Å². The predicted octanol–water partition coefficient (Wildman–Crippen LogP) is -4.71. The van der Waals surface area contributed by atoms with E-state index in [0.717, 1.165) is 11.3 Å². The number of nitrogens with one attached hydrogen (secondary N) is 1. The van der Waals surface area contributed by atoms with Crippen LogP contribution in [0.2, 0.25) is 0 Å². The van der Waals surface area contributed by atoms with E-state index >= 15 is 0 Å². The van der Waals surface area contributed by atoms with Crippen LogP contribution in [0.3, 0.4) is 0 Å². The number of nitrogens with two attached hydrogens (primary N) is 1. The molecule has 0 aliphatic heterocycles. The van der Waals surface area contributed by atoms with Crippen molar-refractivity contribution in [3.63, 3.8) is 0 Å². The number of aliphatic carboxylic acids is 1. The fraction of sp³-hybridized carbons (Fsp3) is 0.455. The van der Waals surface area contributed by atoms with Gasteiger partial charge in [0.2, 0.25) is 5.60 Å². The van der Waals surface area contributed by atoms with E-state index in [1.165, 1.54) is 19.2 Å². The molecule has 0 fully saturated rings. The number of thiazole rings is 1. The van der Waals surface area contributed by atoms with Gasteiger partial charge in [0.05, 0.1) is 6.54 Å². The second kappa shape index (κ2) is 9.59. The van der Waals surface area contributed by atoms with Gasteiger partial charge in [0.1, 0.15) is 15.8 Å². The summed E-state index contributed by atoms with van der Waals surface area (Å²) in [6, 6.07) is 0. The van der Waals surface area contributed by atoms with Crippen LogP contribution in [-0.4, -0.2) is 63.3 Å². The second-order valence-corrected chi connectivity index (χ2v) is 7.49. The molecular weight excluding hydrogens is 403 g/mol. The summed E-state index contributed by atoms with van der Waals surface area (Å²) in [4.78, 5) is 31.7. The summed E-state index contributed by atoms with van der Waals surface area (Å²) < 4.78 is 31.8. The molecule has 1 rings (SSSR count). The first-order chi connectivity index (χ1) is 11.3. The number of hydrogen-bond acceptors (Lipinski definition) is 11. The van der Waals surface area contributed by atoms with Crippen LogP contribution in [0.1, 0.15) is 19.5 Å². The smallest absolute Gasteiger partial charge is 0.746 e. The van der Waals surface area contributed by atoms with Gasteiger partial charge in [0.15, 0.2) is 16.3 Å². The molecule has 26 heavy (non-hydrogen) atoms. The number of rotatable bonds is 8. The minimum atomic E-state index is -5.02. The first-order valence-corrected chi connectivity index (χ1v) is 8.81. The number of aliphatic hydroxyl groups excluding tert-OH is 1. The fourth-order valence-electron chi connectivity index (χ4n) is 1.17. The SMILES string of the molecule is CC(C)(O/N=C(\C(=O)NCC(O)S(=O)(=O)[O-])c1csc(N)n1)C(=O)O.[Na+]. The molecule has 1 atom stereocenters. The van der Waals surface area contributed by atoms with Crippen LogP contribution in [0.25, 0.3) is 0 Å². The van der Waals surface area contributed by atoms with Gasteiger partial charge in [-0.15, -0.1) is 11.3 Å². The molecule has 0 bridgehead atoms. The number of nitrogens with zero attached hydrogens (tertiary/aromatic N) is 2. The molecule has 15 heteroatoms. The van der Waals surface area contributed by atoms with E-state index in [2.05, 4.69) is 10.1 Å². The summed E-state index contributed by atoms with van der Waals surface area (Å²) in [5.74, 6) is -2.42. The molecule has 140 valence electrons. The third kappa shape index (κ3) is 7.14. The normalized spacial score (nSPS) is 13.5. The van der Waals surface area contributed by atoms with Gasteiger partial charge in [-0.25, -0.2) is 18.2 Å². The Hall–Kier alpha value is -1.29. The molecule has 1 aromatic rings. The molecule has 0 aliphatic carbocycles. The summed E-state index contributed by atoms with van der Waals surface area (Å²) in [5.41, 5.74) is 0.727. The number of carboxylic acids is 1. The molecule has 1 heterocycles. The maximum absolute atomic E-state index is 12.1. The second-order valence-electron chi connectivity index (χ2n) is 5.08. The molecule has 1 aromatic heterocycles. The number of anilines is 1. The Morgan fingerprint density at radius 2 is 2.12 bits per heavy atom. The zero-order valence-corrected chi connectivity index (χ0v) is 17.6. The Morgan fingerprint density at radius 3 is 2.54 bits per heavy atom. The van der Waals surface area contributed by atoms with Crippen molar-refractivity contribution >= 4 is 44.2 Å². The fourth-order valence-corrected chi connectivity index (χ4v) is 2.00. The first-order valence-electron chi connectivity index (χ1n) is 6.46. The standard InChI is InChI=1S/C11H16N4O8S2.Na/c1-11(2,9(18)19)23-15-7(5-4-24-10(12)14-5)8(17)13-3-6(16)25(20,21)22;/h4,6,16H,3H2,1-2H3,(H2,12,14)(H,13,17)(H,18,19)(H,20,21,22);/q;+1/p-1/b15-7-;. The van der Waals surface area contributed by atoms with Crippen molar-refractivity contribution in [2.45, 2.75) is 24.9 Å². The number of oxime groups is 1. The van der Waals surface area contributed by atoms with Gasteiger partial charge in [0, 0.05) is 5.38 Å². The van der Waals surface area contributed by atoms with Crippen molar-refractivity contribution in [1.82, 2.24) is 10.3 Å². The number of carbonyl (C=O) groups excluding carboxylic acids is 1. The van der Waals surface area contributed by atoms with Gasteiger partial charge in [-0.1, -0.05) is 5.16 Å². The first kappa shape index (κ1) is 24.7. The summed E-state index contributed by atoms with van der Waals surface area (Å²) in [7, 11) is -5.02. The Balaban J connectivity index is 0.00000625. The number of amides is 1. The monoisotopic (exact) mass is 418 g/mol. The number of hydrogen-bond donors (Lipinski definition) is 4. The van der Waals surface area contributed by atoms with Crippen LogP contribution in [0.5, 0.6) is 0 Å². The summed E-state index contributed by atoms with van der Waals surface area (Å²) in [6.45, 7) is 1.45. The predicted molar refractivity (Wildman–Crippen MR) is 84.6 cm³/mol. The van der Waals surface area contributed by atoms with Gasteiger partial charge in [0.25, 0.3) is 5.91 Å². The third-order valence-corrected chi connectivity index (χ3v) is 4.14. The quantitative estimate of drug-likeness (QED) is 0.137. The molecule has 1 amide bonds. The van der Waals surface area contributed by atoms with E-state index in [4.69, 9.17) is 20.8 Å². The van der Waals surface area contributed by atoms with Gasteiger partial charge in [-0.3, -0.25) is 4.79 Å². The van der Waals surface area contributed by atoms with Crippen LogP contribution >= 0.6 is 11.3 Å². The molecule has 0 saturated carbocycles. The number of carbonyl (C=O) groups is 2. The van der Waals surface area contributed by atoms with Crippen LogP contribution in [-0.2, 0) is 24.5 Å². The Kier molecular flexibility index (Phi) is 9.11. The van der Waals surface area contributed by atoms with E-state index in [-0.39, 0.29) is 40.4 Å². The summed E-state index contributed by atoms with van der Waals surface area (Å²) in [6.07, 6.45) is 0. The minimum absolute atomic E-state index is 0. The topological polar surface area (TPSA) is 204 Å². The maximum Gasteiger partial charge on any atom is 1.00 e. The molecule has 0 aromatic carbocycles. The van der Waals surface area contributed by atoms with E-state index in [0.29, 0.717) is 0 Å². The zero-order chi connectivity index (χ0) is 19.4. The molecule has 0 radical (unpaired) electrons. The maximum atomic E-state index is 12.1. The van der Waals surface area contributed by atoms with Gasteiger partial charge in [-0.2, -0.15) is 0 Å². The van der Waals surface area contributed by atoms with Crippen molar-refractivity contribution in [2.24, 2.45) is 5.16 Å². The van der Waals surface area contributed by atoms with Crippen molar-refractivity contribution in [3.8, 4) is 0 Å². The molecule has 0 spiro atoms. The van der Waals surface area contributed by atoms with E-state index in [1.54, 1.807) is 0 Å². The number of aliphatic hydroxyl groups is 1. The summed E-state index contributed by atoms with van der Waals surface area (Å²) >= 11 is 0.957. The molecule has 0 saturated heterocycles. The van der Waals surface area contributed by atoms with Crippen molar-refractivity contribution in [3.05, 3.63) is 11.1 Å². The van der Waals surface area contributed by atoms with Crippen LogP contribution < -0.4 is 40.6 Å². The Morgan fingerprint density at radius 1 is 1.54 bits per heavy atom. The van der Waals surface area contributed by atoms with E-state index < -0.39 is 45.3 Å². The molecule has 0 aliphatic rings. The van der Waals surface area contributed by atoms with Crippen molar-refractivity contribution in [1.29, 1.82) is 0 Å². The zero-order valence-electron chi connectivity index (χ0n) is 14.0. The van der Waals surface area contributed by atoms with Crippen LogP contribution in [0.15, 0.2) is 10.5 Å². The Bertz CT molecular complexity index is 792. The molecule has 12 nitrogen and oxygen atoms in total. The number of carboxylic acid groups (broad SMARTS) is 1. The van der Waals surface area contributed by atoms with Crippen LogP contribution in [0, 0.1) is 0 Å². The van der Waals surface area contributed by atoms with Gasteiger partial charge >= 0.3 is 35.5 Å². The molecule has 5 N–H and O–H groups in total. The van der Waals surface area contributed by atoms with Gasteiger partial charge in [-0.05, 0) is 13.8 Å². The largest absolute Gasteiger partial charge is 1.00 e. The van der Waals surface area contributed by atoms with Crippen molar-refractivity contribution < 1.29 is 67.2 Å².